The molecule has 1 N–H and O–H groups in total. The molecule has 0 atom stereocenters. The molecule has 0 aliphatic rings. The first-order valence-electron chi connectivity index (χ1n) is 2.92. The molecule has 0 spiro atoms. The minimum absolute atomic E-state index is 0.383. The van der Waals surface area contributed by atoms with Gasteiger partial charge in [-0.2, -0.15) is 10.4 Å². The summed E-state index contributed by atoms with van der Waals surface area (Å²) in [5, 5.41) is 13.9. The summed E-state index contributed by atoms with van der Waals surface area (Å²) in [5.41, 5.74) is 0.383. The first kappa shape index (κ1) is 7.28. The summed E-state index contributed by atoms with van der Waals surface area (Å²) in [6.45, 7) is 0. The Morgan fingerprint density at radius 2 is 2.64 bits per heavy atom. The van der Waals surface area contributed by atoms with Crippen molar-refractivity contribution < 1.29 is 4.79 Å². The van der Waals surface area contributed by atoms with Crippen LogP contribution in [-0.4, -0.2) is 15.7 Å². The van der Waals surface area contributed by atoms with E-state index in [0.29, 0.717) is 5.56 Å². The van der Waals surface area contributed by atoms with Gasteiger partial charge in [0.05, 0.1) is 11.8 Å². The standard InChI is InChI=1S/C6H6N4O/c1-10-3-5(2-9-10)6(11)8-4-7/h2-3H,1H3,(H,8,11). The van der Waals surface area contributed by atoms with Gasteiger partial charge < -0.3 is 0 Å². The van der Waals surface area contributed by atoms with Gasteiger partial charge in [0.2, 0.25) is 0 Å². The molecule has 0 fully saturated rings. The van der Waals surface area contributed by atoms with Crippen LogP contribution in [0, 0.1) is 11.5 Å². The van der Waals surface area contributed by atoms with E-state index in [-0.39, 0.29) is 0 Å². The van der Waals surface area contributed by atoms with Gasteiger partial charge in [-0.25, -0.2) is 0 Å². The van der Waals surface area contributed by atoms with Crippen molar-refractivity contribution >= 4 is 5.91 Å². The Balaban J connectivity index is 2.78. The topological polar surface area (TPSA) is 70.7 Å². The number of nitrogens with zero attached hydrogens (tertiary/aromatic N) is 3. The lowest BCUT2D eigenvalue weighted by molar-refractivity contribution is 0.0973. The van der Waals surface area contributed by atoms with Gasteiger partial charge in [0.25, 0.3) is 5.91 Å². The van der Waals surface area contributed by atoms with Crippen LogP contribution in [0.15, 0.2) is 12.4 Å². The normalized spacial score (nSPS) is 8.73. The Morgan fingerprint density at radius 1 is 1.91 bits per heavy atom. The van der Waals surface area contributed by atoms with E-state index in [2.05, 4.69) is 5.10 Å². The van der Waals surface area contributed by atoms with E-state index in [0.717, 1.165) is 0 Å². The van der Waals surface area contributed by atoms with Crippen LogP contribution >= 0.6 is 0 Å². The molecule has 11 heavy (non-hydrogen) atoms. The fourth-order valence-corrected chi connectivity index (χ4v) is 0.661. The van der Waals surface area contributed by atoms with Crippen LogP contribution in [0.2, 0.25) is 0 Å². The van der Waals surface area contributed by atoms with Gasteiger partial charge in [0.15, 0.2) is 6.19 Å². The minimum atomic E-state index is -0.430. The van der Waals surface area contributed by atoms with Crippen molar-refractivity contribution in [2.45, 2.75) is 0 Å². The highest BCUT2D eigenvalue weighted by Crippen LogP contribution is 1.94. The molecular formula is C6H6N4O. The highest BCUT2D eigenvalue weighted by molar-refractivity contribution is 5.94. The molecule has 0 aliphatic heterocycles. The SMILES string of the molecule is Cn1cc(C(=O)NC#N)cn1. The maximum Gasteiger partial charge on any atom is 0.267 e. The predicted molar refractivity (Wildman–Crippen MR) is 36.3 cm³/mol. The number of carbonyl (C=O) groups is 1. The fraction of sp³-hybridized carbons (Fsp3) is 0.167. The smallest absolute Gasteiger partial charge is 0.267 e. The van der Waals surface area contributed by atoms with E-state index in [1.54, 1.807) is 7.05 Å². The molecule has 1 rings (SSSR count). The van der Waals surface area contributed by atoms with Crippen LogP contribution < -0.4 is 5.32 Å². The first-order chi connectivity index (χ1) is 5.24. The number of hydrogen-bond donors (Lipinski definition) is 1. The van der Waals surface area contributed by atoms with Crippen molar-refractivity contribution in [2.75, 3.05) is 0 Å². The summed E-state index contributed by atoms with van der Waals surface area (Å²) in [4.78, 5) is 10.9. The molecule has 1 heterocycles. The number of amides is 1. The quantitative estimate of drug-likeness (QED) is 0.438. The van der Waals surface area contributed by atoms with Gasteiger partial charge in [-0.1, -0.05) is 0 Å². The summed E-state index contributed by atoms with van der Waals surface area (Å²) in [6, 6.07) is 0. The fourth-order valence-electron chi connectivity index (χ4n) is 0.661. The van der Waals surface area contributed by atoms with Crippen molar-refractivity contribution in [1.82, 2.24) is 15.1 Å². The third-order valence-electron chi connectivity index (χ3n) is 1.14. The van der Waals surface area contributed by atoms with E-state index in [4.69, 9.17) is 5.26 Å². The van der Waals surface area contributed by atoms with Gasteiger partial charge in [0.1, 0.15) is 0 Å². The molecule has 0 aliphatic carbocycles. The van der Waals surface area contributed by atoms with Crippen LogP contribution in [0.5, 0.6) is 0 Å². The second kappa shape index (κ2) is 2.84. The van der Waals surface area contributed by atoms with E-state index in [9.17, 15) is 4.79 Å². The molecule has 0 unspecified atom stereocenters. The Kier molecular flexibility index (Phi) is 1.88. The largest absolute Gasteiger partial charge is 0.275 e. The summed E-state index contributed by atoms with van der Waals surface area (Å²) in [7, 11) is 1.70. The molecule has 0 aromatic carbocycles. The average molecular weight is 150 g/mol. The van der Waals surface area contributed by atoms with Gasteiger partial charge in [0, 0.05) is 13.2 Å². The molecule has 0 bridgehead atoms. The van der Waals surface area contributed by atoms with E-state index >= 15 is 0 Å². The number of aromatic nitrogens is 2. The molecule has 0 saturated carbocycles. The van der Waals surface area contributed by atoms with Gasteiger partial charge in [-0.15, -0.1) is 0 Å². The van der Waals surface area contributed by atoms with Crippen LogP contribution in [0.3, 0.4) is 0 Å². The van der Waals surface area contributed by atoms with E-state index < -0.39 is 5.91 Å². The summed E-state index contributed by atoms with van der Waals surface area (Å²) < 4.78 is 1.49. The van der Waals surface area contributed by atoms with Crippen LogP contribution in [-0.2, 0) is 7.05 Å². The van der Waals surface area contributed by atoms with Gasteiger partial charge in [-0.3, -0.25) is 14.8 Å². The lowest BCUT2D eigenvalue weighted by Gasteiger charge is -1.88. The highest BCUT2D eigenvalue weighted by Gasteiger charge is 2.05. The zero-order chi connectivity index (χ0) is 8.27. The number of aryl methyl sites for hydroxylation is 1. The lowest BCUT2D eigenvalue weighted by atomic mass is 10.3. The van der Waals surface area contributed by atoms with Crippen molar-refractivity contribution in [3.05, 3.63) is 18.0 Å². The van der Waals surface area contributed by atoms with E-state index in [1.165, 1.54) is 23.3 Å². The van der Waals surface area contributed by atoms with Crippen LogP contribution in [0.1, 0.15) is 10.4 Å². The molecule has 1 amide bonds. The van der Waals surface area contributed by atoms with Crippen LogP contribution in [0.4, 0.5) is 0 Å². The van der Waals surface area contributed by atoms with Crippen molar-refractivity contribution in [3.8, 4) is 6.19 Å². The monoisotopic (exact) mass is 150 g/mol. The zero-order valence-electron chi connectivity index (χ0n) is 5.90. The maximum atomic E-state index is 10.9. The Bertz CT molecular complexity index is 309. The molecule has 5 heteroatoms. The summed E-state index contributed by atoms with van der Waals surface area (Å²) in [6.07, 6.45) is 4.47. The lowest BCUT2D eigenvalue weighted by Crippen LogP contribution is -2.16. The second-order valence-corrected chi connectivity index (χ2v) is 1.97. The van der Waals surface area contributed by atoms with Crippen LogP contribution in [0.25, 0.3) is 0 Å². The molecule has 0 saturated heterocycles. The Morgan fingerprint density at radius 3 is 3.09 bits per heavy atom. The van der Waals surface area contributed by atoms with Gasteiger partial charge in [-0.05, 0) is 0 Å². The molecule has 56 valence electrons. The average Bonchev–Trinajstić information content (AvgIpc) is 2.36. The molecule has 5 nitrogen and oxygen atoms in total. The number of carbonyl (C=O) groups excluding carboxylic acids is 1. The first-order valence-corrected chi connectivity index (χ1v) is 2.92. The van der Waals surface area contributed by atoms with Gasteiger partial charge >= 0.3 is 0 Å². The summed E-state index contributed by atoms with van der Waals surface area (Å²) >= 11 is 0. The van der Waals surface area contributed by atoms with Crippen molar-refractivity contribution in [1.29, 1.82) is 5.26 Å². The highest BCUT2D eigenvalue weighted by atomic mass is 16.1. The van der Waals surface area contributed by atoms with E-state index in [1.807, 2.05) is 5.32 Å². The molecule has 1 aromatic heterocycles. The predicted octanol–water partition coefficient (Wildman–Crippen LogP) is -0.369. The third-order valence-corrected chi connectivity index (χ3v) is 1.14. The minimum Gasteiger partial charge on any atom is -0.275 e. The molecular weight excluding hydrogens is 144 g/mol. The number of nitriles is 1. The summed E-state index contributed by atoms with van der Waals surface area (Å²) in [5.74, 6) is -0.430. The van der Waals surface area contributed by atoms with Crippen molar-refractivity contribution in [2.24, 2.45) is 7.05 Å². The molecule has 1 aromatic rings. The maximum absolute atomic E-state index is 10.9. The third kappa shape index (κ3) is 1.55. The number of nitrogens with one attached hydrogen (secondary N) is 1. The molecule has 0 radical (unpaired) electrons. The number of hydrogen-bond acceptors (Lipinski definition) is 3. The second-order valence-electron chi connectivity index (χ2n) is 1.97. The number of rotatable bonds is 1. The zero-order valence-corrected chi connectivity index (χ0v) is 5.90. The van der Waals surface area contributed by atoms with Crippen molar-refractivity contribution in [3.63, 3.8) is 0 Å². The Labute approximate surface area is 63.2 Å². The Hall–Kier alpha value is -1.83.